The average molecular weight is 478 g/mol. The predicted molar refractivity (Wildman–Crippen MR) is 122 cm³/mol. The quantitative estimate of drug-likeness (QED) is 0.115. The van der Waals surface area contributed by atoms with Crippen molar-refractivity contribution >= 4 is 23.4 Å². The highest BCUT2D eigenvalue weighted by Gasteiger charge is 2.32. The smallest absolute Gasteiger partial charge is 0.352 e. The van der Waals surface area contributed by atoms with E-state index in [0.717, 1.165) is 6.42 Å². The van der Waals surface area contributed by atoms with Crippen LogP contribution >= 0.6 is 11.6 Å². The van der Waals surface area contributed by atoms with Crippen LogP contribution in [0.5, 0.6) is 5.75 Å². The summed E-state index contributed by atoms with van der Waals surface area (Å²) in [4.78, 5) is 29.7. The number of aliphatic hydroxyl groups excluding tert-OH is 1. The summed E-state index contributed by atoms with van der Waals surface area (Å²) in [6.07, 6.45) is 1.44. The molecule has 0 unspecified atom stereocenters. The van der Waals surface area contributed by atoms with Gasteiger partial charge in [0, 0.05) is 41.6 Å². The van der Waals surface area contributed by atoms with Crippen molar-refractivity contribution in [2.24, 2.45) is 10.5 Å². The van der Waals surface area contributed by atoms with Crippen molar-refractivity contribution in [1.29, 1.82) is 0 Å². The van der Waals surface area contributed by atoms with Gasteiger partial charge in [0.2, 0.25) is 0 Å². The number of carbonyl (C=O) groups excluding carboxylic acids is 2. The van der Waals surface area contributed by atoms with Crippen LogP contribution in [0.25, 0.3) is 0 Å². The van der Waals surface area contributed by atoms with Gasteiger partial charge in [-0.05, 0) is 80.4 Å². The maximum Gasteiger partial charge on any atom is 0.352 e. The Morgan fingerprint density at radius 1 is 1.03 bits per heavy atom. The van der Waals surface area contributed by atoms with Gasteiger partial charge in [-0.2, -0.15) is 0 Å². The minimum atomic E-state index is -1.30. The normalized spacial score (nSPS) is 11.3. The second-order valence-electron chi connectivity index (χ2n) is 7.63. The fraction of sp³-hybridized carbons (Fsp3) is 0.391. The van der Waals surface area contributed by atoms with Crippen LogP contribution in [0.3, 0.4) is 0 Å². The minimum absolute atomic E-state index is 0.126. The maximum absolute atomic E-state index is 12.5. The molecule has 0 bridgehead atoms. The molecule has 2 aromatic carbocycles. The zero-order chi connectivity index (χ0) is 24.3. The third-order valence-corrected chi connectivity index (χ3v) is 4.72. The van der Waals surface area contributed by atoms with E-state index in [9.17, 15) is 9.59 Å². The summed E-state index contributed by atoms with van der Waals surface area (Å²) in [5.74, 6) is -0.410. The Hall–Kier alpha value is -3.17. The first-order valence-corrected chi connectivity index (χ1v) is 10.7. The number of halogens is 1. The molecular weight excluding hydrogens is 450 g/mol. The van der Waals surface area contributed by atoms with Crippen molar-refractivity contribution in [3.63, 3.8) is 0 Å². The molecule has 0 aromatic heterocycles. The van der Waals surface area contributed by atoms with Crippen molar-refractivity contribution in [2.75, 3.05) is 27.0 Å². The molecule has 0 spiro atoms. The highest BCUT2D eigenvalue weighted by Crippen LogP contribution is 2.22. The molecule has 178 valence electrons. The van der Waals surface area contributed by atoms with Crippen molar-refractivity contribution < 1.29 is 29.0 Å². The first-order valence-electron chi connectivity index (χ1n) is 10.3. The SMILES string of the molecule is CN(CCCCO)/N=N\OCOC(=O)C(C)(C)Oc1ccc(C(=O)c2ccc(Cl)cc2)cc1. The van der Waals surface area contributed by atoms with Gasteiger partial charge in [-0.25, -0.2) is 4.79 Å². The van der Waals surface area contributed by atoms with E-state index in [1.807, 2.05) is 0 Å². The number of nitrogens with zero attached hydrogens (tertiary/aromatic N) is 3. The van der Waals surface area contributed by atoms with Crippen LogP contribution in [0, 0.1) is 0 Å². The Kier molecular flexibility index (Phi) is 10.1. The molecule has 0 heterocycles. The fourth-order valence-corrected chi connectivity index (χ4v) is 2.77. The molecule has 0 aliphatic carbocycles. The summed E-state index contributed by atoms with van der Waals surface area (Å²) < 4.78 is 10.8. The van der Waals surface area contributed by atoms with E-state index in [4.69, 9.17) is 31.0 Å². The first kappa shape index (κ1) is 26.1. The van der Waals surface area contributed by atoms with Crippen LogP contribution in [-0.4, -0.2) is 54.5 Å². The number of hydrogen-bond acceptors (Lipinski definition) is 8. The second kappa shape index (κ2) is 12.8. The van der Waals surface area contributed by atoms with Crippen LogP contribution < -0.4 is 4.74 Å². The lowest BCUT2D eigenvalue weighted by Crippen LogP contribution is -2.40. The number of benzene rings is 2. The molecule has 0 saturated heterocycles. The van der Waals surface area contributed by atoms with Gasteiger partial charge in [-0.1, -0.05) is 11.6 Å². The van der Waals surface area contributed by atoms with Crippen LogP contribution in [-0.2, 0) is 14.4 Å². The standard InChI is InChI=1S/C23H28ClN3O6/c1-23(2,22(30)31-16-32-26-25-27(3)14-4-5-15-28)33-20-12-8-18(9-13-20)21(29)17-6-10-19(24)11-7-17/h6-13,28H,4-5,14-16H2,1-3H3/b26-25-. The van der Waals surface area contributed by atoms with Crippen molar-refractivity contribution in [2.45, 2.75) is 32.3 Å². The predicted octanol–water partition coefficient (Wildman–Crippen LogP) is 4.23. The minimum Gasteiger partial charge on any atom is -0.476 e. The van der Waals surface area contributed by atoms with E-state index < -0.39 is 18.4 Å². The largest absolute Gasteiger partial charge is 0.476 e. The van der Waals surface area contributed by atoms with Gasteiger partial charge in [0.25, 0.3) is 6.79 Å². The topological polar surface area (TPSA) is 110 Å². The number of ketones is 1. The Balaban J connectivity index is 1.82. The number of rotatable bonds is 13. The lowest BCUT2D eigenvalue weighted by molar-refractivity contribution is -0.173. The van der Waals surface area contributed by atoms with Crippen LogP contribution in [0.2, 0.25) is 5.02 Å². The Morgan fingerprint density at radius 2 is 1.64 bits per heavy atom. The summed E-state index contributed by atoms with van der Waals surface area (Å²) in [7, 11) is 1.71. The van der Waals surface area contributed by atoms with Gasteiger partial charge >= 0.3 is 5.97 Å². The third kappa shape index (κ3) is 8.70. The van der Waals surface area contributed by atoms with E-state index in [1.54, 1.807) is 74.4 Å². The molecule has 0 saturated carbocycles. The summed E-state index contributed by atoms with van der Waals surface area (Å²) in [5, 5.41) is 18.1. The van der Waals surface area contributed by atoms with Gasteiger partial charge in [0.05, 0.1) is 0 Å². The van der Waals surface area contributed by atoms with Gasteiger partial charge in [-0.3, -0.25) is 9.80 Å². The van der Waals surface area contributed by atoms with Gasteiger partial charge in [0.1, 0.15) is 5.75 Å². The number of hydrogen-bond donors (Lipinski definition) is 1. The molecule has 0 amide bonds. The highest BCUT2D eigenvalue weighted by molar-refractivity contribution is 6.30. The van der Waals surface area contributed by atoms with Gasteiger partial charge in [0.15, 0.2) is 11.4 Å². The molecule has 9 nitrogen and oxygen atoms in total. The Bertz CT molecular complexity index is 932. The molecule has 0 atom stereocenters. The number of unbranched alkanes of at least 4 members (excludes halogenated alkanes) is 1. The first-order chi connectivity index (χ1) is 15.7. The number of carbonyl (C=O) groups is 2. The zero-order valence-corrected chi connectivity index (χ0v) is 19.6. The van der Waals surface area contributed by atoms with Gasteiger partial charge < -0.3 is 19.4 Å². The number of esters is 1. The van der Waals surface area contributed by atoms with E-state index in [-0.39, 0.29) is 12.4 Å². The monoisotopic (exact) mass is 477 g/mol. The zero-order valence-electron chi connectivity index (χ0n) is 18.9. The van der Waals surface area contributed by atoms with E-state index in [2.05, 4.69) is 10.5 Å². The maximum atomic E-state index is 12.5. The average Bonchev–Trinajstić information content (AvgIpc) is 2.79. The summed E-state index contributed by atoms with van der Waals surface area (Å²) >= 11 is 5.86. The summed E-state index contributed by atoms with van der Waals surface area (Å²) in [6.45, 7) is 3.42. The van der Waals surface area contributed by atoms with E-state index >= 15 is 0 Å². The molecule has 0 fully saturated rings. The third-order valence-electron chi connectivity index (χ3n) is 4.47. The molecule has 0 radical (unpaired) electrons. The van der Waals surface area contributed by atoms with Crippen molar-refractivity contribution in [1.82, 2.24) is 5.01 Å². The second-order valence-corrected chi connectivity index (χ2v) is 8.07. The lowest BCUT2D eigenvalue weighted by Gasteiger charge is -2.24. The molecule has 33 heavy (non-hydrogen) atoms. The van der Waals surface area contributed by atoms with Gasteiger partial charge in [-0.15, -0.1) is 0 Å². The van der Waals surface area contributed by atoms with Crippen LogP contribution in [0.1, 0.15) is 42.6 Å². The van der Waals surface area contributed by atoms with Crippen LogP contribution in [0.4, 0.5) is 0 Å². The van der Waals surface area contributed by atoms with E-state index in [1.165, 1.54) is 0 Å². The number of ether oxygens (including phenoxy) is 2. The molecule has 2 rings (SSSR count). The molecule has 10 heteroatoms. The molecule has 1 N–H and O–H groups in total. The van der Waals surface area contributed by atoms with E-state index in [0.29, 0.717) is 34.9 Å². The summed E-state index contributed by atoms with van der Waals surface area (Å²) in [5.41, 5.74) is -0.306. The number of aliphatic hydroxyl groups is 1. The van der Waals surface area contributed by atoms with Crippen LogP contribution in [0.15, 0.2) is 59.0 Å². The lowest BCUT2D eigenvalue weighted by atomic mass is 10.0. The highest BCUT2D eigenvalue weighted by atomic mass is 35.5. The molecular formula is C23H28ClN3O6. The van der Waals surface area contributed by atoms with Crippen molar-refractivity contribution in [3.05, 3.63) is 64.7 Å². The molecule has 2 aromatic rings. The Labute approximate surface area is 197 Å². The molecule has 0 aliphatic heterocycles. The Morgan fingerprint density at radius 3 is 2.24 bits per heavy atom. The molecule has 0 aliphatic rings. The van der Waals surface area contributed by atoms with Crippen molar-refractivity contribution in [3.8, 4) is 5.75 Å². The fourth-order valence-electron chi connectivity index (χ4n) is 2.64. The summed E-state index contributed by atoms with van der Waals surface area (Å²) in [6, 6.07) is 13.1.